The van der Waals surface area contributed by atoms with Gasteiger partial charge in [0.15, 0.2) is 0 Å². The number of aliphatic hydroxyl groups excluding tert-OH is 2. The third-order valence-electron chi connectivity index (χ3n) is 19.1. The average Bonchev–Trinajstić information content (AvgIpc) is 3.68. The van der Waals surface area contributed by atoms with Gasteiger partial charge < -0.3 is 20.3 Å². The van der Waals surface area contributed by atoms with Gasteiger partial charge in [-0.2, -0.15) is 0 Å². The summed E-state index contributed by atoms with van der Waals surface area (Å²) in [5.74, 6) is -0.0414. The van der Waals surface area contributed by atoms with Crippen LogP contribution in [0.25, 0.3) is 0 Å². The topological polar surface area (TPSA) is 95.9 Å². The van der Waals surface area contributed by atoms with Crippen LogP contribution < -0.4 is 5.32 Å². The summed E-state index contributed by atoms with van der Waals surface area (Å²) in [5.41, 5.74) is 0. The van der Waals surface area contributed by atoms with E-state index in [0.29, 0.717) is 19.4 Å². The number of nitrogens with one attached hydrogen (secondary N) is 1. The Morgan fingerprint density at radius 1 is 0.303 bits per heavy atom. The van der Waals surface area contributed by atoms with Gasteiger partial charge in [0, 0.05) is 12.8 Å². The van der Waals surface area contributed by atoms with Crippen LogP contribution in [0.4, 0.5) is 0 Å². The number of carbonyl (C=O) groups excluding carboxylic acids is 2. The molecule has 0 radical (unpaired) electrons. The van der Waals surface area contributed by atoms with Crippen LogP contribution >= 0.6 is 0 Å². The normalized spacial score (nSPS) is 12.6. The van der Waals surface area contributed by atoms with Crippen molar-refractivity contribution in [3.05, 3.63) is 36.5 Å². The fraction of sp³-hybridized carbons (Fsp3) is 0.904. The number of carbonyl (C=O) groups is 2. The maximum absolute atomic E-state index is 12.5. The molecule has 0 rings (SSSR count). The van der Waals surface area contributed by atoms with E-state index in [1.807, 2.05) is 6.08 Å². The molecule has 0 heterocycles. The minimum atomic E-state index is -0.842. The third-order valence-corrected chi connectivity index (χ3v) is 19.1. The van der Waals surface area contributed by atoms with E-state index in [-0.39, 0.29) is 18.5 Å². The molecule has 2 atom stereocenters. The lowest BCUT2D eigenvalue weighted by Crippen LogP contribution is -2.45. The van der Waals surface area contributed by atoms with Crippen LogP contribution in [-0.2, 0) is 14.3 Å². The zero-order valence-corrected chi connectivity index (χ0v) is 60.4. The Morgan fingerprint density at radius 3 is 0.798 bits per heavy atom. The van der Waals surface area contributed by atoms with Crippen LogP contribution in [0.15, 0.2) is 36.5 Å². The van der Waals surface area contributed by atoms with Crippen molar-refractivity contribution in [1.82, 2.24) is 5.32 Å². The molecule has 0 bridgehead atoms. The van der Waals surface area contributed by atoms with Crippen LogP contribution in [0.1, 0.15) is 457 Å². The van der Waals surface area contributed by atoms with E-state index in [1.54, 1.807) is 6.08 Å². The van der Waals surface area contributed by atoms with Crippen molar-refractivity contribution >= 4 is 11.9 Å². The molecule has 0 aromatic carbocycles. The minimum Gasteiger partial charge on any atom is -0.466 e. The van der Waals surface area contributed by atoms with Gasteiger partial charge in [-0.1, -0.05) is 397 Å². The second-order valence-electron chi connectivity index (χ2n) is 28.1. The number of esters is 1. The van der Waals surface area contributed by atoms with Gasteiger partial charge in [0.2, 0.25) is 5.91 Å². The number of ether oxygens (including phenoxy) is 1. The number of rotatable bonds is 77. The lowest BCUT2D eigenvalue weighted by atomic mass is 10.0. The van der Waals surface area contributed by atoms with E-state index in [9.17, 15) is 19.8 Å². The lowest BCUT2D eigenvalue weighted by Gasteiger charge is -2.20. The molecule has 526 valence electrons. The molecule has 6 nitrogen and oxygen atoms in total. The Kier molecular flexibility index (Phi) is 76.8. The van der Waals surface area contributed by atoms with Gasteiger partial charge >= 0.3 is 5.97 Å². The average molecular weight is 1250 g/mol. The van der Waals surface area contributed by atoms with Gasteiger partial charge in [0.1, 0.15) is 0 Å². The van der Waals surface area contributed by atoms with E-state index in [1.165, 1.54) is 385 Å². The summed E-state index contributed by atoms with van der Waals surface area (Å²) >= 11 is 0. The number of hydrogen-bond donors (Lipinski definition) is 3. The molecule has 0 aliphatic carbocycles. The van der Waals surface area contributed by atoms with Gasteiger partial charge in [-0.05, 0) is 83.5 Å². The molecule has 0 spiro atoms. The fourth-order valence-corrected chi connectivity index (χ4v) is 12.9. The molecule has 2 unspecified atom stereocenters. The quantitative estimate of drug-likeness (QED) is 0.0320. The predicted molar refractivity (Wildman–Crippen MR) is 393 cm³/mol. The molecule has 89 heavy (non-hydrogen) atoms. The third kappa shape index (κ3) is 75.0. The van der Waals surface area contributed by atoms with Gasteiger partial charge in [-0.25, -0.2) is 0 Å². The highest BCUT2D eigenvalue weighted by Gasteiger charge is 2.18. The summed E-state index contributed by atoms with van der Waals surface area (Å²) in [6.07, 6.45) is 103. The smallest absolute Gasteiger partial charge is 0.305 e. The van der Waals surface area contributed by atoms with Crippen molar-refractivity contribution in [2.75, 3.05) is 13.2 Å². The first-order valence-electron chi connectivity index (χ1n) is 40.8. The number of allylic oxidation sites excluding steroid dienone is 5. The van der Waals surface area contributed by atoms with Crippen molar-refractivity contribution in [1.29, 1.82) is 0 Å². The van der Waals surface area contributed by atoms with E-state index in [4.69, 9.17) is 4.74 Å². The lowest BCUT2D eigenvalue weighted by molar-refractivity contribution is -0.143. The van der Waals surface area contributed by atoms with Gasteiger partial charge in [0.05, 0.1) is 25.4 Å². The Balaban J connectivity index is 3.34. The minimum absolute atomic E-state index is 0.0187. The molecule has 6 heteroatoms. The molecule has 0 aliphatic heterocycles. The van der Waals surface area contributed by atoms with Crippen LogP contribution in [0.3, 0.4) is 0 Å². The molecular weight excluding hydrogens is 1090 g/mol. The molecule has 0 aromatic rings. The first-order valence-corrected chi connectivity index (χ1v) is 40.8. The number of unbranched alkanes of at least 4 members (excludes halogenated alkanes) is 62. The van der Waals surface area contributed by atoms with Crippen LogP contribution in [0, 0.1) is 0 Å². The Labute approximate surface area is 557 Å². The maximum Gasteiger partial charge on any atom is 0.305 e. The summed E-state index contributed by atoms with van der Waals surface area (Å²) in [7, 11) is 0. The second-order valence-corrected chi connectivity index (χ2v) is 28.1. The van der Waals surface area contributed by atoms with Crippen molar-refractivity contribution < 1.29 is 24.5 Å². The highest BCUT2D eigenvalue weighted by molar-refractivity contribution is 5.76. The van der Waals surface area contributed by atoms with Gasteiger partial charge in [-0.15, -0.1) is 0 Å². The Hall–Kier alpha value is -1.92. The van der Waals surface area contributed by atoms with Crippen LogP contribution in [-0.4, -0.2) is 47.4 Å². The Bertz CT molecular complexity index is 1440. The van der Waals surface area contributed by atoms with E-state index in [0.717, 1.165) is 44.9 Å². The van der Waals surface area contributed by atoms with Crippen molar-refractivity contribution in [2.45, 2.75) is 469 Å². The molecule has 0 saturated carbocycles. The summed E-state index contributed by atoms with van der Waals surface area (Å²) in [5, 5.41) is 23.2. The summed E-state index contributed by atoms with van der Waals surface area (Å²) in [6.45, 7) is 4.95. The highest BCUT2D eigenvalue weighted by atomic mass is 16.5. The number of amides is 1. The standard InChI is InChI=1S/C83H159NO5/c1-3-5-7-9-11-13-15-17-19-21-44-47-51-55-59-63-67-71-75-81(86)80(79-85)84-82(87)76-72-68-64-60-56-52-48-45-41-39-37-35-33-31-29-27-25-23-22-24-26-28-30-32-34-36-38-40-42-46-50-54-58-62-66-70-74-78-89-83(88)77-73-69-65-61-57-53-49-43-20-18-16-14-12-10-8-6-4-2/h18,20,22,24,71,75,80-81,85-86H,3-17,19,21,23,25-70,72-74,76-79H2,1-2H3,(H,84,87)/b20-18-,24-22-,75-71+. The van der Waals surface area contributed by atoms with Crippen LogP contribution in [0.2, 0.25) is 0 Å². The number of hydrogen-bond acceptors (Lipinski definition) is 5. The molecule has 0 saturated heterocycles. The van der Waals surface area contributed by atoms with Crippen LogP contribution in [0.5, 0.6) is 0 Å². The maximum atomic E-state index is 12.5. The van der Waals surface area contributed by atoms with Gasteiger partial charge in [-0.3, -0.25) is 9.59 Å². The molecule has 0 aromatic heterocycles. The SMILES string of the molecule is CCCCCCCC/C=C\CCCCCCCCCC(=O)OCCCCCCCCCCCCCCCCCC/C=C\CCCCCCCCCCCCCCCCCCCC(=O)NC(CO)C(O)/C=C/CCCCCCCCCCCCCCCCCC. The molecule has 1 amide bonds. The van der Waals surface area contributed by atoms with E-state index in [2.05, 4.69) is 43.5 Å². The Morgan fingerprint density at radius 2 is 0.528 bits per heavy atom. The van der Waals surface area contributed by atoms with E-state index >= 15 is 0 Å². The van der Waals surface area contributed by atoms with Crippen molar-refractivity contribution in [2.24, 2.45) is 0 Å². The van der Waals surface area contributed by atoms with E-state index < -0.39 is 12.1 Å². The molecule has 0 aliphatic rings. The summed E-state index contributed by atoms with van der Waals surface area (Å²) in [6, 6.07) is -0.625. The first kappa shape index (κ1) is 87.1. The van der Waals surface area contributed by atoms with Gasteiger partial charge in [0.25, 0.3) is 0 Å². The highest BCUT2D eigenvalue weighted by Crippen LogP contribution is 2.20. The fourth-order valence-electron chi connectivity index (χ4n) is 12.9. The molecule has 0 fully saturated rings. The molecular formula is C83H159NO5. The largest absolute Gasteiger partial charge is 0.466 e. The summed E-state index contributed by atoms with van der Waals surface area (Å²) < 4.78 is 5.51. The monoisotopic (exact) mass is 1250 g/mol. The van der Waals surface area contributed by atoms with Crippen molar-refractivity contribution in [3.63, 3.8) is 0 Å². The van der Waals surface area contributed by atoms with Crippen molar-refractivity contribution in [3.8, 4) is 0 Å². The zero-order chi connectivity index (χ0) is 64.2. The number of aliphatic hydroxyl groups is 2. The predicted octanol–water partition coefficient (Wildman–Crippen LogP) is 27.0. The second kappa shape index (κ2) is 78.5. The molecule has 3 N–H and O–H groups in total. The summed E-state index contributed by atoms with van der Waals surface area (Å²) in [4.78, 5) is 24.6. The first-order chi connectivity index (χ1) is 44.0. The zero-order valence-electron chi connectivity index (χ0n) is 60.4.